The zero-order valence-electron chi connectivity index (χ0n) is 12.4. The molecule has 1 saturated heterocycles. The Morgan fingerprint density at radius 1 is 1.35 bits per heavy atom. The van der Waals surface area contributed by atoms with Crippen molar-refractivity contribution in [3.63, 3.8) is 0 Å². The molecule has 20 heavy (non-hydrogen) atoms. The van der Waals surface area contributed by atoms with Gasteiger partial charge in [0.2, 0.25) is 0 Å². The van der Waals surface area contributed by atoms with E-state index in [2.05, 4.69) is 16.3 Å². The third-order valence-corrected chi connectivity index (χ3v) is 4.64. The maximum atomic E-state index is 9.97. The van der Waals surface area contributed by atoms with E-state index in [4.69, 9.17) is 11.6 Å². The van der Waals surface area contributed by atoms with Crippen LogP contribution in [0.4, 0.5) is 0 Å². The van der Waals surface area contributed by atoms with Gasteiger partial charge in [-0.2, -0.15) is 0 Å². The van der Waals surface area contributed by atoms with Gasteiger partial charge in [-0.15, -0.1) is 0 Å². The molecule has 1 fully saturated rings. The summed E-state index contributed by atoms with van der Waals surface area (Å²) in [4.78, 5) is 2.43. The Morgan fingerprint density at radius 2 is 2.00 bits per heavy atom. The average molecular weight is 297 g/mol. The van der Waals surface area contributed by atoms with Gasteiger partial charge in [0.25, 0.3) is 0 Å². The molecule has 4 heteroatoms. The van der Waals surface area contributed by atoms with Crippen LogP contribution >= 0.6 is 11.6 Å². The lowest BCUT2D eigenvalue weighted by atomic mass is 9.93. The highest BCUT2D eigenvalue weighted by Crippen LogP contribution is 2.26. The van der Waals surface area contributed by atoms with Gasteiger partial charge in [-0.25, -0.2) is 0 Å². The Labute approximate surface area is 126 Å². The van der Waals surface area contributed by atoms with Crippen molar-refractivity contribution in [3.05, 3.63) is 34.9 Å². The molecule has 0 aromatic heterocycles. The van der Waals surface area contributed by atoms with Gasteiger partial charge >= 0.3 is 0 Å². The second kappa shape index (κ2) is 6.90. The van der Waals surface area contributed by atoms with E-state index >= 15 is 0 Å². The number of rotatable bonds is 5. The SMILES string of the molecule is CNC(CCN1CCC(C)(O)CC1)c1ccccc1Cl. The Hall–Kier alpha value is -0.610. The number of piperidine rings is 1. The fraction of sp³-hybridized carbons (Fsp3) is 0.625. The number of hydrogen-bond acceptors (Lipinski definition) is 3. The zero-order chi connectivity index (χ0) is 14.6. The predicted octanol–water partition coefficient (Wildman–Crippen LogP) is 2.84. The van der Waals surface area contributed by atoms with Crippen LogP contribution in [0.2, 0.25) is 5.02 Å². The van der Waals surface area contributed by atoms with Gasteiger partial charge in [0.15, 0.2) is 0 Å². The lowest BCUT2D eigenvalue weighted by Crippen LogP contribution is -2.43. The number of halogens is 1. The van der Waals surface area contributed by atoms with Crippen LogP contribution in [-0.4, -0.2) is 42.3 Å². The summed E-state index contributed by atoms with van der Waals surface area (Å²) in [5.74, 6) is 0. The summed E-state index contributed by atoms with van der Waals surface area (Å²) in [6, 6.07) is 8.31. The Bertz CT molecular complexity index is 426. The largest absolute Gasteiger partial charge is 0.390 e. The first-order valence-electron chi connectivity index (χ1n) is 7.38. The normalized spacial score (nSPS) is 20.8. The number of benzene rings is 1. The molecule has 0 saturated carbocycles. The third-order valence-electron chi connectivity index (χ3n) is 4.30. The molecule has 1 atom stereocenters. The molecular formula is C16H25ClN2O. The molecule has 1 aromatic carbocycles. The summed E-state index contributed by atoms with van der Waals surface area (Å²) in [7, 11) is 1.98. The van der Waals surface area contributed by atoms with Crippen LogP contribution in [0.1, 0.15) is 37.8 Å². The molecule has 1 aliphatic rings. The van der Waals surface area contributed by atoms with Gasteiger partial charge in [0.05, 0.1) is 5.60 Å². The van der Waals surface area contributed by atoms with Crippen molar-refractivity contribution in [1.29, 1.82) is 0 Å². The standard InChI is InChI=1S/C16H25ClN2O/c1-16(20)8-11-19(12-9-16)10-7-15(18-2)13-5-3-4-6-14(13)17/h3-6,15,18,20H,7-12H2,1-2H3. The summed E-state index contributed by atoms with van der Waals surface area (Å²) < 4.78 is 0. The second-order valence-corrected chi connectivity index (χ2v) is 6.40. The molecule has 112 valence electrons. The maximum Gasteiger partial charge on any atom is 0.0644 e. The van der Waals surface area contributed by atoms with Crippen molar-refractivity contribution in [2.45, 2.75) is 37.8 Å². The van der Waals surface area contributed by atoms with E-state index in [1.807, 2.05) is 32.2 Å². The fourth-order valence-corrected chi connectivity index (χ4v) is 3.05. The van der Waals surface area contributed by atoms with Crippen LogP contribution in [0.25, 0.3) is 0 Å². The fourth-order valence-electron chi connectivity index (χ4n) is 2.78. The summed E-state index contributed by atoms with van der Waals surface area (Å²) in [6.45, 7) is 4.93. The van der Waals surface area contributed by atoms with E-state index in [1.54, 1.807) is 0 Å². The molecule has 0 amide bonds. The minimum absolute atomic E-state index is 0.283. The molecule has 2 N–H and O–H groups in total. The van der Waals surface area contributed by atoms with Gasteiger partial charge in [0.1, 0.15) is 0 Å². The molecule has 3 nitrogen and oxygen atoms in total. The van der Waals surface area contributed by atoms with E-state index in [9.17, 15) is 5.11 Å². The molecular weight excluding hydrogens is 272 g/mol. The zero-order valence-corrected chi connectivity index (χ0v) is 13.2. The molecule has 0 bridgehead atoms. The van der Waals surface area contributed by atoms with Gasteiger partial charge in [-0.05, 0) is 51.4 Å². The first-order chi connectivity index (χ1) is 9.52. The van der Waals surface area contributed by atoms with Crippen LogP contribution in [0.3, 0.4) is 0 Å². The summed E-state index contributed by atoms with van der Waals surface area (Å²) in [5.41, 5.74) is 0.697. The quantitative estimate of drug-likeness (QED) is 0.877. The predicted molar refractivity (Wildman–Crippen MR) is 84.2 cm³/mol. The highest BCUT2D eigenvalue weighted by atomic mass is 35.5. The van der Waals surface area contributed by atoms with Gasteiger partial charge in [-0.1, -0.05) is 29.8 Å². The first-order valence-corrected chi connectivity index (χ1v) is 7.76. The van der Waals surface area contributed by atoms with E-state index in [1.165, 1.54) is 5.56 Å². The van der Waals surface area contributed by atoms with Crippen molar-refractivity contribution < 1.29 is 5.11 Å². The summed E-state index contributed by atoms with van der Waals surface area (Å²) in [6.07, 6.45) is 2.76. The highest BCUT2D eigenvalue weighted by Gasteiger charge is 2.27. The number of aliphatic hydroxyl groups is 1. The third kappa shape index (κ3) is 4.19. The number of hydrogen-bond donors (Lipinski definition) is 2. The highest BCUT2D eigenvalue weighted by molar-refractivity contribution is 6.31. The van der Waals surface area contributed by atoms with Crippen molar-refractivity contribution >= 4 is 11.6 Å². The molecule has 1 aromatic rings. The van der Waals surface area contributed by atoms with Gasteiger partial charge < -0.3 is 15.3 Å². The number of likely N-dealkylation sites (tertiary alicyclic amines) is 1. The molecule has 1 aliphatic heterocycles. The maximum absolute atomic E-state index is 9.97. The van der Waals surface area contributed by atoms with E-state index < -0.39 is 5.60 Å². The minimum atomic E-state index is -0.471. The second-order valence-electron chi connectivity index (χ2n) is 5.99. The molecule has 0 aliphatic carbocycles. The Kier molecular flexibility index (Phi) is 5.44. The Morgan fingerprint density at radius 3 is 2.60 bits per heavy atom. The Balaban J connectivity index is 1.88. The smallest absolute Gasteiger partial charge is 0.0644 e. The minimum Gasteiger partial charge on any atom is -0.390 e. The summed E-state index contributed by atoms with van der Waals surface area (Å²) in [5, 5.41) is 14.2. The number of nitrogens with one attached hydrogen (secondary N) is 1. The van der Waals surface area contributed by atoms with Crippen molar-refractivity contribution in [3.8, 4) is 0 Å². The van der Waals surface area contributed by atoms with E-state index in [0.29, 0.717) is 0 Å². The van der Waals surface area contributed by atoms with Gasteiger partial charge in [0, 0.05) is 24.2 Å². The van der Waals surface area contributed by atoms with Crippen LogP contribution < -0.4 is 5.32 Å². The average Bonchev–Trinajstić information content (AvgIpc) is 2.43. The van der Waals surface area contributed by atoms with Crippen molar-refractivity contribution in [2.24, 2.45) is 0 Å². The monoisotopic (exact) mass is 296 g/mol. The van der Waals surface area contributed by atoms with Crippen LogP contribution in [0.15, 0.2) is 24.3 Å². The van der Waals surface area contributed by atoms with Crippen LogP contribution in [0, 0.1) is 0 Å². The van der Waals surface area contributed by atoms with Crippen LogP contribution in [-0.2, 0) is 0 Å². The lowest BCUT2D eigenvalue weighted by molar-refractivity contribution is -0.00593. The van der Waals surface area contributed by atoms with E-state index in [-0.39, 0.29) is 6.04 Å². The molecule has 1 unspecified atom stereocenters. The van der Waals surface area contributed by atoms with Crippen molar-refractivity contribution in [2.75, 3.05) is 26.7 Å². The lowest BCUT2D eigenvalue weighted by Gasteiger charge is -2.36. The van der Waals surface area contributed by atoms with Gasteiger partial charge in [-0.3, -0.25) is 0 Å². The molecule has 0 radical (unpaired) electrons. The number of nitrogens with zero attached hydrogens (tertiary/aromatic N) is 1. The first kappa shape index (κ1) is 15.8. The van der Waals surface area contributed by atoms with E-state index in [0.717, 1.165) is 43.9 Å². The van der Waals surface area contributed by atoms with Crippen molar-refractivity contribution in [1.82, 2.24) is 10.2 Å². The molecule has 0 spiro atoms. The van der Waals surface area contributed by atoms with Crippen LogP contribution in [0.5, 0.6) is 0 Å². The molecule has 1 heterocycles. The molecule has 2 rings (SSSR count). The topological polar surface area (TPSA) is 35.5 Å². The summed E-state index contributed by atoms with van der Waals surface area (Å²) >= 11 is 6.27.